The van der Waals surface area contributed by atoms with Gasteiger partial charge in [-0.1, -0.05) is 61.4 Å². The fourth-order valence-corrected chi connectivity index (χ4v) is 4.42. The molecule has 8 heteroatoms. The van der Waals surface area contributed by atoms with Gasteiger partial charge in [-0.3, -0.25) is 4.79 Å². The van der Waals surface area contributed by atoms with Crippen LogP contribution in [0.3, 0.4) is 0 Å². The van der Waals surface area contributed by atoms with Crippen molar-refractivity contribution in [2.24, 2.45) is 11.7 Å². The van der Waals surface area contributed by atoms with Gasteiger partial charge in [0.15, 0.2) is 0 Å². The summed E-state index contributed by atoms with van der Waals surface area (Å²) in [6.45, 7) is 0.173. The van der Waals surface area contributed by atoms with Gasteiger partial charge in [-0.15, -0.1) is 0 Å². The van der Waals surface area contributed by atoms with Crippen molar-refractivity contribution in [3.05, 3.63) is 59.7 Å². The topological polar surface area (TPSA) is 116 Å². The van der Waals surface area contributed by atoms with Gasteiger partial charge in [0.1, 0.15) is 12.2 Å². The van der Waals surface area contributed by atoms with Gasteiger partial charge < -0.3 is 26.2 Å². The van der Waals surface area contributed by atoms with Gasteiger partial charge in [-0.25, -0.2) is 4.39 Å². The number of carboxylic acids is 1. The van der Waals surface area contributed by atoms with Gasteiger partial charge in [0.25, 0.3) is 0 Å². The first kappa shape index (κ1) is 24.4. The highest BCUT2D eigenvalue weighted by atomic mass is 19.1. The Labute approximate surface area is 188 Å². The van der Waals surface area contributed by atoms with Crippen LogP contribution in [-0.2, 0) is 18.0 Å². The van der Waals surface area contributed by atoms with Gasteiger partial charge in [0.05, 0.1) is 0 Å². The Hall–Kier alpha value is -2.26. The maximum absolute atomic E-state index is 12.8. The Morgan fingerprint density at radius 3 is 2.44 bits per heavy atom. The molecule has 0 aliphatic heterocycles. The normalized spacial score (nSPS) is 19.8. The molecule has 0 radical (unpaired) electrons. The minimum atomic E-state index is -1.37. The molecular weight excluding hydrogens is 410 g/mol. The molecule has 6 nitrogen and oxygen atoms in total. The lowest BCUT2D eigenvalue weighted by molar-refractivity contribution is -0.148. The molecule has 172 valence electrons. The van der Waals surface area contributed by atoms with E-state index in [1.54, 1.807) is 12.1 Å². The van der Waals surface area contributed by atoms with E-state index >= 15 is 0 Å². The van der Waals surface area contributed by atoms with Crippen LogP contribution in [0.15, 0.2) is 48.5 Å². The van der Waals surface area contributed by atoms with Crippen molar-refractivity contribution in [3.63, 3.8) is 0 Å². The van der Waals surface area contributed by atoms with Crippen molar-refractivity contribution in [1.82, 2.24) is 5.32 Å². The molecule has 1 aliphatic rings. The molecule has 1 unspecified atom stereocenters. The molecule has 1 saturated carbocycles. The fourth-order valence-electron chi connectivity index (χ4n) is 4.42. The van der Waals surface area contributed by atoms with Crippen molar-refractivity contribution >= 4 is 13.1 Å². The number of alkyl halides is 1. The molecule has 3 rings (SSSR count). The number of hydrogen-bond acceptors (Lipinski definition) is 5. The van der Waals surface area contributed by atoms with Crippen LogP contribution >= 0.6 is 0 Å². The number of nitrogens with two attached hydrogens (primary N) is 1. The van der Waals surface area contributed by atoms with Crippen molar-refractivity contribution in [2.45, 2.75) is 63.2 Å². The molecule has 1 fully saturated rings. The van der Waals surface area contributed by atoms with E-state index in [0.29, 0.717) is 44.2 Å². The zero-order chi connectivity index (χ0) is 23.1. The number of benzene rings is 2. The molecule has 2 aromatic carbocycles. The summed E-state index contributed by atoms with van der Waals surface area (Å²) in [7, 11) is -1.37. The van der Waals surface area contributed by atoms with Gasteiger partial charge in [0, 0.05) is 12.6 Å². The van der Waals surface area contributed by atoms with E-state index in [-0.39, 0.29) is 18.3 Å². The first-order valence-corrected chi connectivity index (χ1v) is 11.2. The second-order valence-corrected chi connectivity index (χ2v) is 8.81. The summed E-state index contributed by atoms with van der Waals surface area (Å²) in [4.78, 5) is 11.8. The number of halogens is 1. The molecule has 0 spiro atoms. The molecule has 0 aromatic heterocycles. The monoisotopic (exact) mass is 442 g/mol. The third-order valence-electron chi connectivity index (χ3n) is 6.59. The maximum atomic E-state index is 12.8. The van der Waals surface area contributed by atoms with E-state index in [1.165, 1.54) is 0 Å². The van der Waals surface area contributed by atoms with E-state index in [2.05, 4.69) is 11.4 Å². The van der Waals surface area contributed by atoms with Crippen LogP contribution in [0, 0.1) is 5.92 Å². The molecule has 2 aromatic rings. The Morgan fingerprint density at radius 1 is 1.12 bits per heavy atom. The van der Waals surface area contributed by atoms with E-state index < -0.39 is 25.3 Å². The van der Waals surface area contributed by atoms with Crippen molar-refractivity contribution in [1.29, 1.82) is 0 Å². The summed E-state index contributed by atoms with van der Waals surface area (Å²) < 4.78 is 12.8. The van der Waals surface area contributed by atoms with E-state index in [1.807, 2.05) is 30.3 Å². The summed E-state index contributed by atoms with van der Waals surface area (Å²) in [5, 5.41) is 31.1. The van der Waals surface area contributed by atoms with Crippen LogP contribution in [0.25, 0.3) is 11.1 Å². The average Bonchev–Trinajstić information content (AvgIpc) is 2.75. The number of hydrogen-bond donors (Lipinski definition) is 5. The smallest absolute Gasteiger partial charge is 0.451 e. The summed E-state index contributed by atoms with van der Waals surface area (Å²) in [6.07, 6.45) is 3.01. The molecule has 1 aliphatic carbocycles. The fraction of sp³-hybridized carbons (Fsp3) is 0.458. The molecule has 0 bridgehead atoms. The summed E-state index contributed by atoms with van der Waals surface area (Å²) in [5.41, 5.74) is 8.90. The van der Waals surface area contributed by atoms with Crippen LogP contribution in [0.4, 0.5) is 4.39 Å². The molecule has 1 atom stereocenters. The second kappa shape index (κ2) is 11.1. The second-order valence-electron chi connectivity index (χ2n) is 8.81. The summed E-state index contributed by atoms with van der Waals surface area (Å²) in [5.74, 6) is -1.10. The SMILES string of the molecule is NC(CCCCB(O)O)(C(=O)O)C1CC(NCc2ccccc2-c2ccc(CF)cc2)C1. The molecule has 6 N–H and O–H groups in total. The van der Waals surface area contributed by atoms with Crippen molar-refractivity contribution in [2.75, 3.05) is 0 Å². The quantitative estimate of drug-likeness (QED) is 0.255. The first-order chi connectivity index (χ1) is 15.3. The highest BCUT2D eigenvalue weighted by Gasteiger charge is 2.48. The van der Waals surface area contributed by atoms with Crippen LogP contribution in [0.1, 0.15) is 43.2 Å². The Morgan fingerprint density at radius 2 is 1.81 bits per heavy atom. The van der Waals surface area contributed by atoms with E-state index in [0.717, 1.165) is 16.7 Å². The van der Waals surface area contributed by atoms with Gasteiger partial charge in [-0.2, -0.15) is 0 Å². The lowest BCUT2D eigenvalue weighted by Gasteiger charge is -2.45. The molecule has 0 saturated heterocycles. The first-order valence-electron chi connectivity index (χ1n) is 11.2. The molecular formula is C24H32BFN2O4. The average molecular weight is 442 g/mol. The molecule has 32 heavy (non-hydrogen) atoms. The van der Waals surface area contributed by atoms with Crippen molar-refractivity contribution < 1.29 is 24.3 Å². The minimum absolute atomic E-state index is 0.111. The standard InChI is InChI=1S/C24H32BFN2O4/c26-15-17-7-9-18(10-8-17)22-6-2-1-5-19(22)16-28-21-13-20(14-21)24(27,23(29)30)11-3-4-12-25(31)32/h1-2,5-10,20-21,28,31-32H,3-4,11-16,27H2,(H,29,30). The van der Waals surface area contributed by atoms with Crippen LogP contribution < -0.4 is 11.1 Å². The number of nitrogens with one attached hydrogen (secondary N) is 1. The molecule has 0 heterocycles. The predicted molar refractivity (Wildman–Crippen MR) is 123 cm³/mol. The third-order valence-corrected chi connectivity index (χ3v) is 6.59. The highest BCUT2D eigenvalue weighted by molar-refractivity contribution is 6.40. The highest BCUT2D eigenvalue weighted by Crippen LogP contribution is 2.38. The number of aliphatic carboxylic acids is 1. The summed E-state index contributed by atoms with van der Waals surface area (Å²) >= 11 is 0. The summed E-state index contributed by atoms with van der Waals surface area (Å²) in [6, 6.07) is 15.7. The van der Waals surface area contributed by atoms with Crippen LogP contribution in [0.5, 0.6) is 0 Å². The minimum Gasteiger partial charge on any atom is -0.480 e. The zero-order valence-electron chi connectivity index (χ0n) is 18.2. The zero-order valence-corrected chi connectivity index (χ0v) is 18.2. The molecule has 0 amide bonds. The maximum Gasteiger partial charge on any atom is 0.451 e. The van der Waals surface area contributed by atoms with E-state index in [9.17, 15) is 14.3 Å². The lowest BCUT2D eigenvalue weighted by atomic mass is 9.66. The van der Waals surface area contributed by atoms with Crippen molar-refractivity contribution in [3.8, 4) is 11.1 Å². The Balaban J connectivity index is 1.54. The van der Waals surface area contributed by atoms with Gasteiger partial charge in [0.2, 0.25) is 0 Å². The Kier molecular flexibility index (Phi) is 8.42. The Bertz CT molecular complexity index is 890. The predicted octanol–water partition coefficient (Wildman–Crippen LogP) is 3.12. The van der Waals surface area contributed by atoms with Crippen LogP contribution in [0.2, 0.25) is 6.32 Å². The van der Waals surface area contributed by atoms with Gasteiger partial charge >= 0.3 is 13.1 Å². The van der Waals surface area contributed by atoms with Crippen LogP contribution in [-0.4, -0.2) is 39.8 Å². The number of carbonyl (C=O) groups is 1. The number of carboxylic acid groups (broad SMARTS) is 1. The third kappa shape index (κ3) is 5.95. The number of unbranched alkanes of at least 4 members (excludes halogenated alkanes) is 1. The lowest BCUT2D eigenvalue weighted by Crippen LogP contribution is -2.61. The number of rotatable bonds is 12. The largest absolute Gasteiger partial charge is 0.480 e. The van der Waals surface area contributed by atoms with E-state index in [4.69, 9.17) is 15.8 Å². The van der Waals surface area contributed by atoms with Gasteiger partial charge in [-0.05, 0) is 53.8 Å².